The predicted octanol–water partition coefficient (Wildman–Crippen LogP) is 1.82. The van der Waals surface area contributed by atoms with Gasteiger partial charge in [0.1, 0.15) is 10.4 Å². The molecule has 96 valence electrons. The lowest BCUT2D eigenvalue weighted by Crippen LogP contribution is -2.15. The number of nitrogens with zero attached hydrogens (tertiary/aromatic N) is 2. The van der Waals surface area contributed by atoms with Crippen LogP contribution in [-0.4, -0.2) is 18.6 Å². The van der Waals surface area contributed by atoms with Crippen LogP contribution in [0.25, 0.3) is 0 Å². The van der Waals surface area contributed by atoms with Crippen LogP contribution in [0.4, 0.5) is 15.2 Å². The Kier molecular flexibility index (Phi) is 3.50. The number of hydrogen-bond acceptors (Lipinski definition) is 6. The molecule has 0 aliphatic rings. The maximum Gasteiger partial charge on any atom is 0.266 e. The van der Waals surface area contributed by atoms with Gasteiger partial charge in [0.15, 0.2) is 5.82 Å². The van der Waals surface area contributed by atoms with Crippen molar-refractivity contribution in [2.45, 2.75) is 4.90 Å². The van der Waals surface area contributed by atoms with Gasteiger partial charge in [0.25, 0.3) is 10.0 Å². The molecular weight excluding hydrogens is 347 g/mol. The lowest BCUT2D eigenvalue weighted by molar-refractivity contribution is 0.567. The highest BCUT2D eigenvalue weighted by molar-refractivity contribution is 9.10. The third-order valence-corrected chi connectivity index (χ3v) is 4.54. The molecular formula is C8H6BrFN4O2S2. The first-order valence-electron chi connectivity index (χ1n) is 4.43. The zero-order valence-electron chi connectivity index (χ0n) is 8.59. The Morgan fingerprint density at radius 1 is 1.44 bits per heavy atom. The van der Waals surface area contributed by atoms with Gasteiger partial charge in [0.2, 0.25) is 5.13 Å². The van der Waals surface area contributed by atoms with Crippen LogP contribution < -0.4 is 10.5 Å². The van der Waals surface area contributed by atoms with Crippen LogP contribution in [0.3, 0.4) is 0 Å². The molecule has 18 heavy (non-hydrogen) atoms. The van der Waals surface area contributed by atoms with Crippen molar-refractivity contribution in [3.05, 3.63) is 27.9 Å². The number of benzene rings is 1. The second-order valence-electron chi connectivity index (χ2n) is 3.16. The highest BCUT2D eigenvalue weighted by Gasteiger charge is 2.22. The second kappa shape index (κ2) is 4.78. The summed E-state index contributed by atoms with van der Waals surface area (Å²) in [5, 5.41) is 7.03. The number of halogens is 2. The fourth-order valence-electron chi connectivity index (χ4n) is 1.17. The average molecular weight is 353 g/mol. The van der Waals surface area contributed by atoms with Crippen molar-refractivity contribution in [3.8, 4) is 0 Å². The summed E-state index contributed by atoms with van der Waals surface area (Å²) < 4.78 is 39.7. The normalized spacial score (nSPS) is 11.4. The molecule has 0 saturated heterocycles. The van der Waals surface area contributed by atoms with Gasteiger partial charge < -0.3 is 5.73 Å². The second-order valence-corrected chi connectivity index (χ2v) is 6.50. The molecule has 2 aromatic rings. The summed E-state index contributed by atoms with van der Waals surface area (Å²) in [6, 6.07) is 2.31. The summed E-state index contributed by atoms with van der Waals surface area (Å²) in [6.45, 7) is 0. The van der Waals surface area contributed by atoms with Gasteiger partial charge in [-0.1, -0.05) is 11.3 Å². The number of nitrogen functional groups attached to an aromatic ring is 1. The van der Waals surface area contributed by atoms with Gasteiger partial charge in [-0.15, -0.1) is 10.2 Å². The first-order valence-corrected chi connectivity index (χ1v) is 7.59. The van der Waals surface area contributed by atoms with Gasteiger partial charge in [-0.2, -0.15) is 0 Å². The van der Waals surface area contributed by atoms with E-state index in [2.05, 4.69) is 30.8 Å². The Hall–Kier alpha value is -1.26. The molecule has 10 heteroatoms. The minimum Gasteiger partial charge on any atom is -0.399 e. The monoisotopic (exact) mass is 352 g/mol. The number of nitrogens with one attached hydrogen (secondary N) is 1. The summed E-state index contributed by atoms with van der Waals surface area (Å²) in [5.74, 6) is -0.916. The molecule has 6 nitrogen and oxygen atoms in total. The first kappa shape index (κ1) is 13.2. The van der Waals surface area contributed by atoms with Gasteiger partial charge in [0.05, 0.1) is 4.47 Å². The Morgan fingerprint density at radius 2 is 2.17 bits per heavy atom. The number of rotatable bonds is 3. The lowest BCUT2D eigenvalue weighted by atomic mass is 10.3. The largest absolute Gasteiger partial charge is 0.399 e. The molecule has 3 N–H and O–H groups in total. The molecule has 0 aliphatic carbocycles. The molecule has 0 aliphatic heterocycles. The quantitative estimate of drug-likeness (QED) is 0.821. The third-order valence-electron chi connectivity index (χ3n) is 1.89. The highest BCUT2D eigenvalue weighted by atomic mass is 79.9. The molecule has 0 atom stereocenters. The van der Waals surface area contributed by atoms with Crippen LogP contribution in [0, 0.1) is 5.82 Å². The number of aromatic nitrogens is 2. The topological polar surface area (TPSA) is 98.0 Å². The molecule has 2 rings (SSSR count). The predicted molar refractivity (Wildman–Crippen MR) is 69.2 cm³/mol. The molecule has 0 saturated carbocycles. The van der Waals surface area contributed by atoms with E-state index in [1.165, 1.54) is 11.6 Å². The summed E-state index contributed by atoms with van der Waals surface area (Å²) in [4.78, 5) is -0.551. The van der Waals surface area contributed by atoms with Crippen LogP contribution >= 0.6 is 27.3 Å². The number of hydrogen-bond donors (Lipinski definition) is 2. The fourth-order valence-corrected chi connectivity index (χ4v) is 3.60. The van der Waals surface area contributed by atoms with Crippen molar-refractivity contribution in [1.82, 2.24) is 10.2 Å². The lowest BCUT2D eigenvalue weighted by Gasteiger charge is -2.08. The SMILES string of the molecule is Nc1cc(Br)c(F)c(S(=O)(=O)Nc2nncs2)c1. The van der Waals surface area contributed by atoms with Crippen LogP contribution in [-0.2, 0) is 10.0 Å². The minimum absolute atomic E-state index is 0.0276. The summed E-state index contributed by atoms with van der Waals surface area (Å²) >= 11 is 3.88. The van der Waals surface area contributed by atoms with E-state index in [9.17, 15) is 12.8 Å². The Balaban J connectivity index is 2.48. The maximum atomic E-state index is 13.8. The number of nitrogens with two attached hydrogens (primary N) is 1. The van der Waals surface area contributed by atoms with Crippen molar-refractivity contribution in [1.29, 1.82) is 0 Å². The fraction of sp³-hybridized carbons (Fsp3) is 0. The Morgan fingerprint density at radius 3 is 2.78 bits per heavy atom. The van der Waals surface area contributed by atoms with Gasteiger partial charge >= 0.3 is 0 Å². The van der Waals surface area contributed by atoms with Crippen molar-refractivity contribution in [2.24, 2.45) is 0 Å². The molecule has 1 aromatic heterocycles. The van der Waals surface area contributed by atoms with Gasteiger partial charge in [0, 0.05) is 5.69 Å². The average Bonchev–Trinajstić information content (AvgIpc) is 2.75. The molecule has 0 fully saturated rings. The Bertz CT molecular complexity index is 675. The molecule has 0 spiro atoms. The van der Waals surface area contributed by atoms with Crippen molar-refractivity contribution < 1.29 is 12.8 Å². The molecule has 1 heterocycles. The molecule has 0 bridgehead atoms. The number of anilines is 2. The summed E-state index contributed by atoms with van der Waals surface area (Å²) in [5.41, 5.74) is 6.96. The van der Waals surface area contributed by atoms with Crippen molar-refractivity contribution in [2.75, 3.05) is 10.5 Å². The minimum atomic E-state index is -4.09. The zero-order chi connectivity index (χ0) is 13.3. The molecule has 0 radical (unpaired) electrons. The zero-order valence-corrected chi connectivity index (χ0v) is 11.8. The number of sulfonamides is 1. The standard InChI is InChI=1S/C8H6BrFN4O2S2/c9-5-1-4(11)2-6(7(5)10)18(15,16)14-8-13-12-3-17-8/h1-3H,11H2,(H,13,14). The van der Waals surface area contributed by atoms with Crippen LogP contribution in [0.15, 0.2) is 27.0 Å². The van der Waals surface area contributed by atoms with E-state index in [0.29, 0.717) is 0 Å². The smallest absolute Gasteiger partial charge is 0.266 e. The van der Waals surface area contributed by atoms with Gasteiger partial charge in [-0.3, -0.25) is 4.72 Å². The van der Waals surface area contributed by atoms with E-state index in [0.717, 1.165) is 17.4 Å². The third kappa shape index (κ3) is 2.60. The maximum absolute atomic E-state index is 13.8. The van der Waals surface area contributed by atoms with Crippen LogP contribution in [0.2, 0.25) is 0 Å². The van der Waals surface area contributed by atoms with E-state index >= 15 is 0 Å². The van der Waals surface area contributed by atoms with E-state index in [1.54, 1.807) is 0 Å². The van der Waals surface area contributed by atoms with Crippen molar-refractivity contribution in [3.63, 3.8) is 0 Å². The van der Waals surface area contributed by atoms with Crippen LogP contribution in [0.1, 0.15) is 0 Å². The van der Waals surface area contributed by atoms with Gasteiger partial charge in [-0.05, 0) is 28.1 Å². The summed E-state index contributed by atoms with van der Waals surface area (Å²) in [7, 11) is -4.09. The van der Waals surface area contributed by atoms with E-state index in [1.807, 2.05) is 0 Å². The highest BCUT2D eigenvalue weighted by Crippen LogP contribution is 2.27. The Labute approximate surface area is 114 Å². The van der Waals surface area contributed by atoms with Crippen LogP contribution in [0.5, 0.6) is 0 Å². The van der Waals surface area contributed by atoms with Gasteiger partial charge in [-0.25, -0.2) is 12.8 Å². The molecule has 1 aromatic carbocycles. The van der Waals surface area contributed by atoms with Crippen molar-refractivity contribution >= 4 is 48.1 Å². The molecule has 0 amide bonds. The van der Waals surface area contributed by atoms with E-state index < -0.39 is 20.7 Å². The summed E-state index contributed by atoms with van der Waals surface area (Å²) in [6.07, 6.45) is 0. The van der Waals surface area contributed by atoms with E-state index in [-0.39, 0.29) is 15.3 Å². The van der Waals surface area contributed by atoms with E-state index in [4.69, 9.17) is 5.73 Å². The first-order chi connectivity index (χ1) is 8.40. The molecule has 0 unspecified atom stereocenters.